The molecule has 0 bridgehead atoms. The number of ether oxygens (including phenoxy) is 10. The highest BCUT2D eigenvalue weighted by Gasteiger charge is 2.61. The van der Waals surface area contributed by atoms with E-state index in [0.717, 1.165) is 16.7 Å². The Hall–Kier alpha value is -3.43. The molecule has 3 aromatic rings. The summed E-state index contributed by atoms with van der Waals surface area (Å²) in [6.45, 7) is 8.42. The van der Waals surface area contributed by atoms with Gasteiger partial charge in [0, 0.05) is 4.91 Å². The Bertz CT molecular complexity index is 1630. The number of hydrogen-bond donors (Lipinski definition) is 0. The Morgan fingerprint density at radius 2 is 1.13 bits per heavy atom. The van der Waals surface area contributed by atoms with Crippen LogP contribution < -0.4 is 0 Å². The minimum absolute atomic E-state index is 0.00820. The van der Waals surface area contributed by atoms with Gasteiger partial charge in [0.1, 0.15) is 48.8 Å². The van der Waals surface area contributed by atoms with Crippen LogP contribution in [-0.2, 0) is 67.2 Å². The number of fused-ring (bicyclic) bond motifs is 3. The van der Waals surface area contributed by atoms with Crippen LogP contribution in [0.1, 0.15) is 44.4 Å². The average Bonchev–Trinajstić information content (AvgIpc) is 3.64. The summed E-state index contributed by atoms with van der Waals surface area (Å²) in [5.74, 6) is -1.74. The summed E-state index contributed by atoms with van der Waals surface area (Å²) in [4.78, 5) is 3.21. The Kier molecular flexibility index (Phi) is 11.6. The molecule has 4 heterocycles. The van der Waals surface area contributed by atoms with Gasteiger partial charge < -0.3 is 47.4 Å². The summed E-state index contributed by atoms with van der Waals surface area (Å²) in [5, 5.41) is 4.20. The third-order valence-corrected chi connectivity index (χ3v) is 9.44. The minimum Gasteiger partial charge on any atom is -0.374 e. The van der Waals surface area contributed by atoms with Crippen molar-refractivity contribution in [3.63, 3.8) is 0 Å². The van der Waals surface area contributed by atoms with Gasteiger partial charge in [0.2, 0.25) is 0 Å². The standard InChI is InChI=1S/C39H47N3O10/c1-38(2)49-32-29(48-37-35(34(32)50-38)51-39(3,4)52-37)24-46-36-30(41-42-40)33(45-22-27-18-12-7-13-19-27)31(44-21-26-16-10-6-11-17-26)28(47-36)23-43-20-25-14-8-5-9-15-25/h5-19,28-37H,20-24H2,1-4H3/t28-,29-,30-,31-,32+,33-,34+,35-,36+,37-/m1/s1. The quantitative estimate of drug-likeness (QED) is 0.108. The Labute approximate surface area is 303 Å². The van der Waals surface area contributed by atoms with Gasteiger partial charge in [-0.3, -0.25) is 0 Å². The molecule has 7 rings (SSSR count). The van der Waals surface area contributed by atoms with Gasteiger partial charge in [0.05, 0.1) is 33.0 Å². The highest BCUT2D eigenvalue weighted by Crippen LogP contribution is 2.44. The topological polar surface area (TPSA) is 141 Å². The van der Waals surface area contributed by atoms with Crippen LogP contribution >= 0.6 is 0 Å². The van der Waals surface area contributed by atoms with Crippen LogP contribution in [0.25, 0.3) is 10.4 Å². The molecule has 0 spiro atoms. The molecule has 4 aliphatic rings. The van der Waals surface area contributed by atoms with Crippen LogP contribution in [0, 0.1) is 0 Å². The maximum absolute atomic E-state index is 9.85. The van der Waals surface area contributed by atoms with Crippen molar-refractivity contribution in [1.82, 2.24) is 0 Å². The van der Waals surface area contributed by atoms with Crippen molar-refractivity contribution in [2.75, 3.05) is 13.2 Å². The molecule has 0 radical (unpaired) electrons. The molecule has 0 unspecified atom stereocenters. The predicted molar refractivity (Wildman–Crippen MR) is 186 cm³/mol. The van der Waals surface area contributed by atoms with Crippen LogP contribution in [0.4, 0.5) is 0 Å². The van der Waals surface area contributed by atoms with Gasteiger partial charge in [-0.2, -0.15) is 0 Å². The maximum Gasteiger partial charge on any atom is 0.190 e. The smallest absolute Gasteiger partial charge is 0.190 e. The van der Waals surface area contributed by atoms with E-state index in [2.05, 4.69) is 10.0 Å². The van der Waals surface area contributed by atoms with Gasteiger partial charge in [-0.25, -0.2) is 0 Å². The van der Waals surface area contributed by atoms with Gasteiger partial charge in [-0.15, -0.1) is 0 Å². The molecule has 4 fully saturated rings. The number of nitrogens with zero attached hydrogens (tertiary/aromatic N) is 3. The van der Waals surface area contributed by atoms with Crippen molar-refractivity contribution in [2.45, 2.75) is 120 Å². The normalized spacial score (nSPS) is 33.2. The van der Waals surface area contributed by atoms with Crippen LogP contribution in [0.3, 0.4) is 0 Å². The zero-order valence-corrected chi connectivity index (χ0v) is 29.9. The molecule has 52 heavy (non-hydrogen) atoms. The largest absolute Gasteiger partial charge is 0.374 e. The molecule has 0 amide bonds. The zero-order chi connectivity index (χ0) is 36.1. The molecule has 13 heteroatoms. The Morgan fingerprint density at radius 3 is 1.75 bits per heavy atom. The molecule has 10 atom stereocenters. The molecule has 4 saturated heterocycles. The summed E-state index contributed by atoms with van der Waals surface area (Å²) < 4.78 is 63.9. The third-order valence-electron chi connectivity index (χ3n) is 9.44. The Balaban J connectivity index is 1.14. The van der Waals surface area contributed by atoms with Crippen LogP contribution in [-0.4, -0.2) is 86.1 Å². The van der Waals surface area contributed by atoms with Crippen molar-refractivity contribution in [2.24, 2.45) is 5.11 Å². The van der Waals surface area contributed by atoms with Crippen LogP contribution in [0.5, 0.6) is 0 Å². The SMILES string of the molecule is CC1(C)O[C@H]2[C@@H](O1)[C@@H](CO[C@H]1O[C@H](COCc3ccccc3)[C@@H](OCc3ccccc3)[C@H](OCc3ccccc3)[C@H]1N=[N+]=[N-])O[C@@H]1OC(C)(C)O[C@@H]12. The first-order valence-corrected chi connectivity index (χ1v) is 17.8. The molecule has 4 aliphatic heterocycles. The lowest BCUT2D eigenvalue weighted by molar-refractivity contribution is -0.302. The van der Waals surface area contributed by atoms with E-state index in [9.17, 15) is 5.53 Å². The van der Waals surface area contributed by atoms with Gasteiger partial charge in [0.25, 0.3) is 0 Å². The van der Waals surface area contributed by atoms with E-state index in [1.165, 1.54) is 0 Å². The minimum atomic E-state index is -1.05. The average molecular weight is 718 g/mol. The van der Waals surface area contributed by atoms with Gasteiger partial charge in [-0.05, 0) is 49.9 Å². The predicted octanol–water partition coefficient (Wildman–Crippen LogP) is 6.19. The van der Waals surface area contributed by atoms with Gasteiger partial charge in [0.15, 0.2) is 24.2 Å². The lowest BCUT2D eigenvalue weighted by atomic mass is 9.96. The first kappa shape index (κ1) is 36.9. The Morgan fingerprint density at radius 1 is 0.596 bits per heavy atom. The van der Waals surface area contributed by atoms with Crippen molar-refractivity contribution in [3.8, 4) is 0 Å². The summed E-state index contributed by atoms with van der Waals surface area (Å²) in [6, 6.07) is 28.6. The van der Waals surface area contributed by atoms with Gasteiger partial charge in [-0.1, -0.05) is 96.1 Å². The van der Waals surface area contributed by atoms with E-state index in [1.54, 1.807) is 0 Å². The molecular formula is C39H47N3O10. The third kappa shape index (κ3) is 8.84. The molecule has 0 N–H and O–H groups in total. The highest BCUT2D eigenvalue weighted by molar-refractivity contribution is 5.16. The second kappa shape index (κ2) is 16.3. The summed E-state index contributed by atoms with van der Waals surface area (Å²) in [6.07, 6.45) is -5.95. The second-order valence-electron chi connectivity index (χ2n) is 14.3. The van der Waals surface area contributed by atoms with Crippen molar-refractivity contribution < 1.29 is 47.4 Å². The first-order chi connectivity index (χ1) is 25.2. The van der Waals surface area contributed by atoms with E-state index < -0.39 is 72.9 Å². The van der Waals surface area contributed by atoms with Gasteiger partial charge >= 0.3 is 0 Å². The van der Waals surface area contributed by atoms with Crippen LogP contribution in [0.15, 0.2) is 96.1 Å². The lowest BCUT2D eigenvalue weighted by Crippen LogP contribution is -2.61. The second-order valence-corrected chi connectivity index (χ2v) is 14.3. The summed E-state index contributed by atoms with van der Waals surface area (Å²) in [5.41, 5.74) is 12.8. The lowest BCUT2D eigenvalue weighted by Gasteiger charge is -2.45. The molecule has 0 saturated carbocycles. The number of benzene rings is 3. The van der Waals surface area contributed by atoms with E-state index in [4.69, 9.17) is 47.4 Å². The van der Waals surface area contributed by atoms with E-state index in [0.29, 0.717) is 6.61 Å². The molecule has 0 aliphatic carbocycles. The number of rotatable bonds is 14. The van der Waals surface area contributed by atoms with Crippen molar-refractivity contribution in [3.05, 3.63) is 118 Å². The van der Waals surface area contributed by atoms with Crippen molar-refractivity contribution >= 4 is 0 Å². The summed E-state index contributed by atoms with van der Waals surface area (Å²) in [7, 11) is 0. The monoisotopic (exact) mass is 717 g/mol. The summed E-state index contributed by atoms with van der Waals surface area (Å²) >= 11 is 0. The fourth-order valence-corrected chi connectivity index (χ4v) is 7.16. The maximum atomic E-state index is 9.85. The zero-order valence-electron chi connectivity index (χ0n) is 29.9. The first-order valence-electron chi connectivity index (χ1n) is 17.8. The number of azide groups is 1. The highest BCUT2D eigenvalue weighted by atomic mass is 16.9. The van der Waals surface area contributed by atoms with Crippen LogP contribution in [0.2, 0.25) is 0 Å². The molecular weight excluding hydrogens is 670 g/mol. The molecule has 3 aromatic carbocycles. The number of hydrogen-bond acceptors (Lipinski definition) is 11. The molecule has 0 aromatic heterocycles. The fraction of sp³-hybridized carbons (Fsp3) is 0.538. The van der Waals surface area contributed by atoms with E-state index >= 15 is 0 Å². The van der Waals surface area contributed by atoms with Crippen molar-refractivity contribution in [1.29, 1.82) is 0 Å². The molecule has 278 valence electrons. The van der Waals surface area contributed by atoms with E-state index in [-0.39, 0.29) is 26.4 Å². The molecule has 13 nitrogen and oxygen atoms in total. The van der Waals surface area contributed by atoms with E-state index in [1.807, 2.05) is 119 Å². The fourth-order valence-electron chi connectivity index (χ4n) is 7.16.